The van der Waals surface area contributed by atoms with Gasteiger partial charge in [0.25, 0.3) is 0 Å². The van der Waals surface area contributed by atoms with Crippen LogP contribution < -0.4 is 0 Å². The van der Waals surface area contributed by atoms with Gasteiger partial charge in [0.05, 0.1) is 11.2 Å². The first kappa shape index (κ1) is 11.0. The van der Waals surface area contributed by atoms with Crippen molar-refractivity contribution in [2.45, 2.75) is 33.1 Å². The van der Waals surface area contributed by atoms with E-state index in [-0.39, 0.29) is 11.7 Å². The highest BCUT2D eigenvalue weighted by Gasteiger charge is 2.15. The zero-order valence-corrected chi connectivity index (χ0v) is 10.1. The van der Waals surface area contributed by atoms with E-state index >= 15 is 0 Å². The van der Waals surface area contributed by atoms with Crippen molar-refractivity contribution in [3.8, 4) is 0 Å². The van der Waals surface area contributed by atoms with Crippen LogP contribution in [-0.2, 0) is 13.5 Å². The summed E-state index contributed by atoms with van der Waals surface area (Å²) in [5.41, 5.74) is 2.17. The van der Waals surface area contributed by atoms with Gasteiger partial charge < -0.3 is 4.57 Å². The summed E-state index contributed by atoms with van der Waals surface area (Å²) >= 11 is 0. The third kappa shape index (κ3) is 1.58. The third-order valence-electron chi connectivity index (χ3n) is 2.71. The van der Waals surface area contributed by atoms with E-state index in [1.807, 2.05) is 27.8 Å². The maximum atomic E-state index is 13.7. The highest BCUT2D eigenvalue weighted by atomic mass is 19.1. The highest BCUT2D eigenvalue weighted by Crippen LogP contribution is 2.22. The number of fused-ring (bicyclic) bond motifs is 1. The molecular formula is C12H16FN3. The van der Waals surface area contributed by atoms with Crippen LogP contribution in [-0.4, -0.2) is 14.5 Å². The lowest BCUT2D eigenvalue weighted by Crippen LogP contribution is -2.03. The molecule has 0 aromatic carbocycles. The standard InChI is InChI=1S/C12H16FN3/c1-5-9-11-10(8(13)6-16(11)4)15-12(14-9)7(2)3/h6-7H,5H2,1-4H3. The molecule has 0 radical (unpaired) electrons. The van der Waals surface area contributed by atoms with Gasteiger partial charge in [-0.15, -0.1) is 0 Å². The maximum absolute atomic E-state index is 13.7. The lowest BCUT2D eigenvalue weighted by molar-refractivity contribution is 0.629. The molecule has 0 saturated carbocycles. The van der Waals surface area contributed by atoms with Crippen LogP contribution in [0, 0.1) is 5.82 Å². The summed E-state index contributed by atoms with van der Waals surface area (Å²) in [5, 5.41) is 0. The topological polar surface area (TPSA) is 30.7 Å². The Balaban J connectivity index is 2.81. The minimum atomic E-state index is -0.267. The predicted octanol–water partition coefficient (Wildman–Crippen LogP) is 2.79. The molecule has 0 N–H and O–H groups in total. The van der Waals surface area contributed by atoms with Crippen LogP contribution in [0.4, 0.5) is 4.39 Å². The third-order valence-corrected chi connectivity index (χ3v) is 2.71. The lowest BCUT2D eigenvalue weighted by Gasteiger charge is -2.08. The molecule has 0 bridgehead atoms. The van der Waals surface area contributed by atoms with E-state index in [1.54, 1.807) is 4.57 Å². The molecule has 2 rings (SSSR count). The number of rotatable bonds is 2. The zero-order valence-electron chi connectivity index (χ0n) is 10.1. The zero-order chi connectivity index (χ0) is 11.9. The van der Waals surface area contributed by atoms with Gasteiger partial charge in [-0.05, 0) is 6.42 Å². The normalized spacial score (nSPS) is 11.6. The molecule has 3 nitrogen and oxygen atoms in total. The van der Waals surface area contributed by atoms with Crippen molar-refractivity contribution < 1.29 is 4.39 Å². The molecule has 0 aliphatic carbocycles. The van der Waals surface area contributed by atoms with Crippen molar-refractivity contribution >= 4 is 11.0 Å². The molecule has 0 spiro atoms. The second-order valence-corrected chi connectivity index (χ2v) is 4.32. The van der Waals surface area contributed by atoms with E-state index in [0.717, 1.165) is 23.5 Å². The highest BCUT2D eigenvalue weighted by molar-refractivity contribution is 5.78. The van der Waals surface area contributed by atoms with Crippen LogP contribution in [0.1, 0.15) is 38.2 Å². The summed E-state index contributed by atoms with van der Waals surface area (Å²) < 4.78 is 15.4. The van der Waals surface area contributed by atoms with Gasteiger partial charge in [0, 0.05) is 19.2 Å². The maximum Gasteiger partial charge on any atom is 0.167 e. The molecular weight excluding hydrogens is 205 g/mol. The molecule has 0 amide bonds. The summed E-state index contributed by atoms with van der Waals surface area (Å²) in [6, 6.07) is 0. The van der Waals surface area contributed by atoms with E-state index < -0.39 is 0 Å². The largest absolute Gasteiger partial charge is 0.345 e. The fourth-order valence-electron chi connectivity index (χ4n) is 1.86. The van der Waals surface area contributed by atoms with E-state index in [1.165, 1.54) is 6.20 Å². The van der Waals surface area contributed by atoms with Crippen molar-refractivity contribution in [2.75, 3.05) is 0 Å². The number of aryl methyl sites for hydroxylation is 2. The van der Waals surface area contributed by atoms with Gasteiger partial charge in [-0.25, -0.2) is 14.4 Å². The van der Waals surface area contributed by atoms with Crippen LogP contribution in [0.25, 0.3) is 11.0 Å². The molecule has 0 aliphatic rings. The van der Waals surface area contributed by atoms with E-state index in [4.69, 9.17) is 0 Å². The van der Waals surface area contributed by atoms with Gasteiger partial charge in [-0.3, -0.25) is 0 Å². The van der Waals surface area contributed by atoms with Crippen molar-refractivity contribution in [3.63, 3.8) is 0 Å². The number of halogens is 1. The van der Waals surface area contributed by atoms with Crippen molar-refractivity contribution in [3.05, 3.63) is 23.5 Å². The molecule has 0 unspecified atom stereocenters. The van der Waals surface area contributed by atoms with Crippen molar-refractivity contribution in [2.24, 2.45) is 7.05 Å². The van der Waals surface area contributed by atoms with Gasteiger partial charge in [0.15, 0.2) is 5.82 Å². The van der Waals surface area contributed by atoms with Gasteiger partial charge >= 0.3 is 0 Å². The second kappa shape index (κ2) is 3.85. The Bertz CT molecular complexity index is 529. The smallest absolute Gasteiger partial charge is 0.167 e. The van der Waals surface area contributed by atoms with Crippen molar-refractivity contribution in [1.82, 2.24) is 14.5 Å². The van der Waals surface area contributed by atoms with E-state index in [2.05, 4.69) is 9.97 Å². The van der Waals surface area contributed by atoms with E-state index in [0.29, 0.717) is 5.52 Å². The molecule has 0 fully saturated rings. The molecule has 0 saturated heterocycles. The number of hydrogen-bond donors (Lipinski definition) is 0. The summed E-state index contributed by atoms with van der Waals surface area (Å²) in [7, 11) is 1.82. The summed E-state index contributed by atoms with van der Waals surface area (Å²) in [6.45, 7) is 6.06. The van der Waals surface area contributed by atoms with Crippen molar-refractivity contribution in [1.29, 1.82) is 0 Å². The molecule has 0 atom stereocenters. The molecule has 4 heteroatoms. The molecule has 2 heterocycles. The quantitative estimate of drug-likeness (QED) is 0.780. The Labute approximate surface area is 94.3 Å². The molecule has 86 valence electrons. The van der Waals surface area contributed by atoms with Crippen LogP contribution in [0.3, 0.4) is 0 Å². The number of aromatic nitrogens is 3. The Morgan fingerprint density at radius 3 is 2.62 bits per heavy atom. The molecule has 0 aliphatic heterocycles. The molecule has 2 aromatic rings. The fourth-order valence-corrected chi connectivity index (χ4v) is 1.86. The van der Waals surface area contributed by atoms with Crippen LogP contribution >= 0.6 is 0 Å². The lowest BCUT2D eigenvalue weighted by atomic mass is 10.2. The van der Waals surface area contributed by atoms with Crippen LogP contribution in [0.15, 0.2) is 6.20 Å². The first-order chi connectivity index (χ1) is 7.54. The van der Waals surface area contributed by atoms with Gasteiger partial charge in [-0.2, -0.15) is 0 Å². The molecule has 2 aromatic heterocycles. The Morgan fingerprint density at radius 1 is 1.38 bits per heavy atom. The first-order valence-electron chi connectivity index (χ1n) is 5.56. The fraction of sp³-hybridized carbons (Fsp3) is 0.500. The Morgan fingerprint density at radius 2 is 2.06 bits per heavy atom. The van der Waals surface area contributed by atoms with E-state index in [9.17, 15) is 4.39 Å². The average molecular weight is 221 g/mol. The predicted molar refractivity (Wildman–Crippen MR) is 61.9 cm³/mol. The number of nitrogens with zero attached hydrogens (tertiary/aromatic N) is 3. The van der Waals surface area contributed by atoms with Crippen LogP contribution in [0.2, 0.25) is 0 Å². The summed E-state index contributed by atoms with van der Waals surface area (Å²) in [6.07, 6.45) is 2.25. The minimum absolute atomic E-state index is 0.217. The SMILES string of the molecule is CCc1nc(C(C)C)nc2c(F)cn(C)c12. The second-order valence-electron chi connectivity index (χ2n) is 4.32. The summed E-state index contributed by atoms with van der Waals surface area (Å²) in [4.78, 5) is 8.79. The Kier molecular flexibility index (Phi) is 2.66. The number of hydrogen-bond acceptors (Lipinski definition) is 2. The van der Waals surface area contributed by atoms with Crippen LogP contribution in [0.5, 0.6) is 0 Å². The monoisotopic (exact) mass is 221 g/mol. The Hall–Kier alpha value is -1.45. The van der Waals surface area contributed by atoms with Gasteiger partial charge in [-0.1, -0.05) is 20.8 Å². The minimum Gasteiger partial charge on any atom is -0.345 e. The van der Waals surface area contributed by atoms with Gasteiger partial charge in [0.2, 0.25) is 0 Å². The molecule has 16 heavy (non-hydrogen) atoms. The first-order valence-corrected chi connectivity index (χ1v) is 5.56. The average Bonchev–Trinajstić information content (AvgIpc) is 2.53. The van der Waals surface area contributed by atoms with Gasteiger partial charge in [0.1, 0.15) is 11.3 Å². The summed E-state index contributed by atoms with van der Waals surface area (Å²) in [5.74, 6) is 0.667.